The van der Waals surface area contributed by atoms with Crippen LogP contribution < -0.4 is 0 Å². The van der Waals surface area contributed by atoms with Crippen LogP contribution in [0.25, 0.3) is 0 Å². The molecule has 1 aliphatic heterocycles. The molecular formula is C9H8S2. The lowest BCUT2D eigenvalue weighted by Gasteiger charge is -1.99. The predicted octanol–water partition coefficient (Wildman–Crippen LogP) is 3.17. The Bertz CT molecular complexity index is 304. The highest BCUT2D eigenvalue weighted by Crippen LogP contribution is 2.41. The highest BCUT2D eigenvalue weighted by atomic mass is 32.2. The molecule has 56 valence electrons. The van der Waals surface area contributed by atoms with Crippen LogP contribution in [0, 0.1) is 0 Å². The Morgan fingerprint density at radius 1 is 1.36 bits per heavy atom. The van der Waals surface area contributed by atoms with Crippen molar-refractivity contribution < 1.29 is 0 Å². The summed E-state index contributed by atoms with van der Waals surface area (Å²) >= 11 is 6.99. The minimum Gasteiger partial charge on any atom is -0.106 e. The van der Waals surface area contributed by atoms with E-state index in [2.05, 4.69) is 25.1 Å². The SMILES string of the molecule is CC1SC(=S)c2ccccc21. The number of fused-ring (bicyclic) bond motifs is 1. The zero-order chi connectivity index (χ0) is 7.84. The molecule has 0 nitrogen and oxygen atoms in total. The molecule has 0 amide bonds. The first-order valence-corrected chi connectivity index (χ1v) is 4.88. The van der Waals surface area contributed by atoms with Gasteiger partial charge in [0.25, 0.3) is 0 Å². The monoisotopic (exact) mass is 180 g/mol. The summed E-state index contributed by atoms with van der Waals surface area (Å²) in [5.74, 6) is 0. The van der Waals surface area contributed by atoms with E-state index in [4.69, 9.17) is 12.2 Å². The third-order valence-corrected chi connectivity index (χ3v) is 3.45. The van der Waals surface area contributed by atoms with E-state index < -0.39 is 0 Å². The topological polar surface area (TPSA) is 0 Å². The Balaban J connectivity index is 2.60. The van der Waals surface area contributed by atoms with Crippen molar-refractivity contribution in [3.63, 3.8) is 0 Å². The molecule has 1 aliphatic rings. The second-order valence-electron chi connectivity index (χ2n) is 2.63. The van der Waals surface area contributed by atoms with Gasteiger partial charge in [0.15, 0.2) is 0 Å². The minimum atomic E-state index is 0.554. The average molecular weight is 180 g/mol. The number of thiocarbonyl (C=S) groups is 1. The van der Waals surface area contributed by atoms with Crippen LogP contribution >= 0.6 is 24.0 Å². The summed E-state index contributed by atoms with van der Waals surface area (Å²) < 4.78 is 1.05. The van der Waals surface area contributed by atoms with Gasteiger partial charge >= 0.3 is 0 Å². The first kappa shape index (κ1) is 7.32. The van der Waals surface area contributed by atoms with Crippen LogP contribution in [0.2, 0.25) is 0 Å². The fraction of sp³-hybridized carbons (Fsp3) is 0.222. The summed E-state index contributed by atoms with van der Waals surface area (Å²) in [5, 5.41) is 0.554. The van der Waals surface area contributed by atoms with Crippen molar-refractivity contribution in [3.8, 4) is 0 Å². The normalized spacial score (nSPS) is 21.9. The molecule has 1 unspecified atom stereocenters. The molecule has 2 rings (SSSR count). The fourth-order valence-electron chi connectivity index (χ4n) is 1.32. The van der Waals surface area contributed by atoms with Gasteiger partial charge in [-0.25, -0.2) is 0 Å². The maximum absolute atomic E-state index is 5.21. The Morgan fingerprint density at radius 3 is 2.82 bits per heavy atom. The molecule has 0 aliphatic carbocycles. The van der Waals surface area contributed by atoms with Gasteiger partial charge in [-0.3, -0.25) is 0 Å². The molecule has 0 aromatic heterocycles. The predicted molar refractivity (Wildman–Crippen MR) is 54.1 cm³/mol. The first-order chi connectivity index (χ1) is 5.29. The van der Waals surface area contributed by atoms with Crippen LogP contribution in [0.1, 0.15) is 23.3 Å². The van der Waals surface area contributed by atoms with Gasteiger partial charge in [-0.2, -0.15) is 0 Å². The van der Waals surface area contributed by atoms with E-state index in [1.807, 2.05) is 6.07 Å². The molecule has 0 saturated carbocycles. The van der Waals surface area contributed by atoms with E-state index in [0.29, 0.717) is 5.25 Å². The van der Waals surface area contributed by atoms with Crippen molar-refractivity contribution in [2.45, 2.75) is 12.2 Å². The number of thioether (sulfide) groups is 1. The molecule has 1 aromatic carbocycles. The zero-order valence-electron chi connectivity index (χ0n) is 6.20. The third kappa shape index (κ3) is 1.10. The molecule has 1 heterocycles. The summed E-state index contributed by atoms with van der Waals surface area (Å²) in [6.07, 6.45) is 0. The highest BCUT2D eigenvalue weighted by molar-refractivity contribution is 8.24. The average Bonchev–Trinajstić information content (AvgIpc) is 2.30. The molecular weight excluding hydrogens is 172 g/mol. The number of rotatable bonds is 0. The van der Waals surface area contributed by atoms with E-state index in [1.54, 1.807) is 11.8 Å². The van der Waals surface area contributed by atoms with Crippen LogP contribution in [-0.2, 0) is 0 Å². The summed E-state index contributed by atoms with van der Waals surface area (Å²) in [5.41, 5.74) is 2.66. The largest absolute Gasteiger partial charge is 0.106 e. The second-order valence-corrected chi connectivity index (χ2v) is 4.65. The van der Waals surface area contributed by atoms with Crippen molar-refractivity contribution in [2.75, 3.05) is 0 Å². The molecule has 11 heavy (non-hydrogen) atoms. The zero-order valence-corrected chi connectivity index (χ0v) is 7.84. The summed E-state index contributed by atoms with van der Waals surface area (Å²) in [4.78, 5) is 0. The first-order valence-electron chi connectivity index (χ1n) is 3.59. The van der Waals surface area contributed by atoms with Gasteiger partial charge in [0.1, 0.15) is 0 Å². The Labute approximate surface area is 76.0 Å². The number of hydrogen-bond acceptors (Lipinski definition) is 2. The van der Waals surface area contributed by atoms with E-state index in [-0.39, 0.29) is 0 Å². The van der Waals surface area contributed by atoms with Crippen LogP contribution in [-0.4, -0.2) is 4.20 Å². The molecule has 1 atom stereocenters. The number of hydrogen-bond donors (Lipinski definition) is 0. The van der Waals surface area contributed by atoms with Gasteiger partial charge in [-0.15, -0.1) is 11.8 Å². The maximum atomic E-state index is 5.21. The summed E-state index contributed by atoms with van der Waals surface area (Å²) in [6, 6.07) is 8.38. The van der Waals surface area contributed by atoms with Gasteiger partial charge < -0.3 is 0 Å². The lowest BCUT2D eigenvalue weighted by molar-refractivity contribution is 1.12. The maximum Gasteiger partial charge on any atom is 0.0787 e. The fourth-order valence-corrected chi connectivity index (χ4v) is 2.91. The summed E-state index contributed by atoms with van der Waals surface area (Å²) in [6.45, 7) is 2.20. The quantitative estimate of drug-likeness (QED) is 0.562. The van der Waals surface area contributed by atoms with Crippen molar-refractivity contribution in [3.05, 3.63) is 35.4 Å². The van der Waals surface area contributed by atoms with Gasteiger partial charge in [0, 0.05) is 10.8 Å². The third-order valence-electron chi connectivity index (χ3n) is 1.90. The number of benzene rings is 1. The van der Waals surface area contributed by atoms with Crippen molar-refractivity contribution >= 4 is 28.2 Å². The Hall–Kier alpha value is -0.340. The van der Waals surface area contributed by atoms with E-state index in [1.165, 1.54) is 11.1 Å². The van der Waals surface area contributed by atoms with Crippen molar-refractivity contribution in [1.29, 1.82) is 0 Å². The minimum absolute atomic E-state index is 0.554. The molecule has 0 N–H and O–H groups in total. The molecule has 0 bridgehead atoms. The Morgan fingerprint density at radius 2 is 2.09 bits per heavy atom. The van der Waals surface area contributed by atoms with Crippen molar-refractivity contribution in [1.82, 2.24) is 0 Å². The van der Waals surface area contributed by atoms with E-state index in [0.717, 1.165) is 4.20 Å². The lowest BCUT2D eigenvalue weighted by atomic mass is 10.1. The smallest absolute Gasteiger partial charge is 0.0787 e. The van der Waals surface area contributed by atoms with Gasteiger partial charge in [0.2, 0.25) is 0 Å². The van der Waals surface area contributed by atoms with E-state index >= 15 is 0 Å². The van der Waals surface area contributed by atoms with Gasteiger partial charge in [-0.1, -0.05) is 36.5 Å². The molecule has 0 saturated heterocycles. The van der Waals surface area contributed by atoms with Gasteiger partial charge in [0.05, 0.1) is 4.20 Å². The van der Waals surface area contributed by atoms with Crippen LogP contribution in [0.3, 0.4) is 0 Å². The van der Waals surface area contributed by atoms with Gasteiger partial charge in [-0.05, 0) is 12.5 Å². The molecule has 0 fully saturated rings. The van der Waals surface area contributed by atoms with Crippen LogP contribution in [0.5, 0.6) is 0 Å². The second kappa shape index (κ2) is 2.61. The highest BCUT2D eigenvalue weighted by Gasteiger charge is 2.22. The standard InChI is InChI=1S/C9H8S2/c1-6-7-4-2-3-5-8(7)9(10)11-6/h2-6H,1H3. The van der Waals surface area contributed by atoms with Crippen LogP contribution in [0.4, 0.5) is 0 Å². The van der Waals surface area contributed by atoms with Crippen molar-refractivity contribution in [2.24, 2.45) is 0 Å². The molecule has 2 heteroatoms. The Kier molecular flexibility index (Phi) is 1.74. The van der Waals surface area contributed by atoms with Crippen LogP contribution in [0.15, 0.2) is 24.3 Å². The lowest BCUT2D eigenvalue weighted by Crippen LogP contribution is -1.85. The van der Waals surface area contributed by atoms with E-state index in [9.17, 15) is 0 Å². The molecule has 0 radical (unpaired) electrons. The molecule has 0 spiro atoms. The summed E-state index contributed by atoms with van der Waals surface area (Å²) in [7, 11) is 0. The molecule has 1 aromatic rings.